The van der Waals surface area contributed by atoms with Crippen LogP contribution in [-0.4, -0.2) is 23.3 Å². The second-order valence-corrected chi connectivity index (χ2v) is 11.7. The van der Waals surface area contributed by atoms with E-state index in [1.54, 1.807) is 5.12 Å². The number of carbonyl (C=O) groups excluding carboxylic acids is 1. The largest absolute Gasteiger partial charge is 0.298 e. The number of ketones is 1. The van der Waals surface area contributed by atoms with Crippen molar-refractivity contribution in [3.63, 3.8) is 0 Å². The van der Waals surface area contributed by atoms with Crippen LogP contribution in [0.25, 0.3) is 0 Å². The van der Waals surface area contributed by atoms with Crippen LogP contribution >= 0.6 is 0 Å². The Morgan fingerprint density at radius 1 is 1.07 bits per heavy atom. The highest BCUT2D eigenvalue weighted by Crippen LogP contribution is 2.67. The topological polar surface area (TPSA) is 56.7 Å². The van der Waals surface area contributed by atoms with Gasteiger partial charge in [-0.15, -0.1) is 10.2 Å². The number of rotatable bonds is 3. The molecule has 0 aromatic rings. The summed E-state index contributed by atoms with van der Waals surface area (Å²) in [6.07, 6.45) is 12.1. The second-order valence-electron chi connectivity index (χ2n) is 11.7. The van der Waals surface area contributed by atoms with Gasteiger partial charge in [-0.05, 0) is 98.7 Å². The predicted octanol–water partition coefficient (Wildman–Crippen LogP) is 4.51. The van der Waals surface area contributed by atoms with Crippen molar-refractivity contribution in [3.05, 3.63) is 0 Å². The van der Waals surface area contributed by atoms with Crippen molar-refractivity contribution < 1.29 is 4.79 Å². The first-order valence-corrected chi connectivity index (χ1v) is 12.2. The van der Waals surface area contributed by atoms with Gasteiger partial charge in [0.15, 0.2) is 5.78 Å². The molecule has 5 heteroatoms. The summed E-state index contributed by atoms with van der Waals surface area (Å²) in [5, 5.41) is 5.88. The molecule has 0 saturated heterocycles. The van der Waals surface area contributed by atoms with Crippen LogP contribution in [0.3, 0.4) is 0 Å². The van der Waals surface area contributed by atoms with Crippen molar-refractivity contribution >= 4 is 11.6 Å². The molecule has 0 aromatic carbocycles. The minimum Gasteiger partial charge on any atom is -0.298 e. The van der Waals surface area contributed by atoms with Gasteiger partial charge in [0.25, 0.3) is 0 Å². The first-order chi connectivity index (χ1) is 13.8. The zero-order chi connectivity index (χ0) is 20.4. The van der Waals surface area contributed by atoms with Gasteiger partial charge in [-0.1, -0.05) is 27.2 Å². The molecule has 5 rings (SSSR count). The van der Waals surface area contributed by atoms with Crippen LogP contribution in [0.4, 0.5) is 0 Å². The molecule has 29 heavy (non-hydrogen) atoms. The van der Waals surface area contributed by atoms with E-state index in [1.165, 1.54) is 51.4 Å². The van der Waals surface area contributed by atoms with Crippen molar-refractivity contribution in [2.24, 2.45) is 51.4 Å². The maximum Gasteiger partial charge on any atom is 0.154 e. The molecular weight excluding hydrogens is 360 g/mol. The third kappa shape index (κ3) is 3.05. The summed E-state index contributed by atoms with van der Waals surface area (Å²) in [6, 6.07) is 0. The van der Waals surface area contributed by atoms with E-state index in [0.29, 0.717) is 17.7 Å². The smallest absolute Gasteiger partial charge is 0.154 e. The first-order valence-electron chi connectivity index (χ1n) is 12.2. The fourth-order valence-electron chi connectivity index (χ4n) is 8.72. The fourth-order valence-corrected chi connectivity index (χ4v) is 8.72. The predicted molar refractivity (Wildman–Crippen MR) is 115 cm³/mol. The average Bonchev–Trinajstić information content (AvgIpc) is 3.24. The Morgan fingerprint density at radius 2 is 1.83 bits per heavy atom. The monoisotopic (exact) mass is 400 g/mol. The average molecular weight is 401 g/mol. The third-order valence-corrected chi connectivity index (χ3v) is 10.3. The number of carbonyl (C=O) groups is 1. The van der Waals surface area contributed by atoms with Gasteiger partial charge in [-0.3, -0.25) is 10.2 Å². The van der Waals surface area contributed by atoms with Crippen LogP contribution in [0.1, 0.15) is 85.5 Å². The molecule has 4 fully saturated rings. The molecule has 8 atom stereocenters. The summed E-state index contributed by atoms with van der Waals surface area (Å²) in [7, 11) is 0. The van der Waals surface area contributed by atoms with Crippen LogP contribution in [0.15, 0.2) is 5.10 Å². The lowest BCUT2D eigenvalue weighted by Gasteiger charge is -2.61. The lowest BCUT2D eigenvalue weighted by Crippen LogP contribution is -2.54. The normalized spacial score (nSPS) is 49.3. The first kappa shape index (κ1) is 19.8. The summed E-state index contributed by atoms with van der Waals surface area (Å²) < 4.78 is 0. The van der Waals surface area contributed by atoms with Gasteiger partial charge in [0.2, 0.25) is 0 Å². The number of Topliss-reactive ketones (excluding diaryl/α,β-unsaturated/α-hetero) is 1. The summed E-state index contributed by atoms with van der Waals surface area (Å²) in [4.78, 5) is 13.3. The number of hydrogen-bond donors (Lipinski definition) is 2. The molecule has 162 valence electrons. The molecule has 2 N–H and O–H groups in total. The number of nitrogens with one attached hydrogen (secondary N) is 2. The highest BCUT2D eigenvalue weighted by molar-refractivity contribution is 5.85. The van der Waals surface area contributed by atoms with Crippen molar-refractivity contribution in [2.75, 3.05) is 6.54 Å². The van der Waals surface area contributed by atoms with Crippen molar-refractivity contribution in [3.8, 4) is 0 Å². The second kappa shape index (κ2) is 6.96. The van der Waals surface area contributed by atoms with Gasteiger partial charge in [0, 0.05) is 5.92 Å². The SMILES string of the molecule is CC1=NNN(CC(=O)C2CCC3C4CCC5CC(C)CCC5(C)C4CCC23C)N1. The van der Waals surface area contributed by atoms with Crippen molar-refractivity contribution in [2.45, 2.75) is 85.5 Å². The third-order valence-electron chi connectivity index (χ3n) is 10.3. The maximum atomic E-state index is 13.3. The standard InChI is InChI=1S/C24H40N4O/c1-15-9-11-23(3)17(13-15)5-6-18-19-7-8-21(24(19,4)12-10-20(18)23)22(29)14-28-26-16(2)25-27-28/h15,17-21,27H,5-14H2,1-4H3,(H,25,26). The Hall–Kier alpha value is -1.10. The Balaban J connectivity index is 1.31. The number of hydrogen-bond acceptors (Lipinski definition) is 5. The van der Waals surface area contributed by atoms with E-state index in [2.05, 4.69) is 36.8 Å². The molecule has 0 radical (unpaired) electrons. The molecule has 5 aliphatic rings. The van der Waals surface area contributed by atoms with Crippen LogP contribution < -0.4 is 11.0 Å². The molecule has 8 unspecified atom stereocenters. The number of fused-ring (bicyclic) bond motifs is 5. The molecule has 1 aliphatic heterocycles. The van der Waals surface area contributed by atoms with Gasteiger partial charge in [-0.2, -0.15) is 0 Å². The lowest BCUT2D eigenvalue weighted by atomic mass is 9.44. The molecule has 0 aromatic heterocycles. The van der Waals surface area contributed by atoms with E-state index in [1.807, 2.05) is 6.92 Å². The number of hydrazine groups is 2. The van der Waals surface area contributed by atoms with E-state index in [4.69, 9.17) is 0 Å². The Bertz CT molecular complexity index is 707. The van der Waals surface area contributed by atoms with Gasteiger partial charge in [0.05, 0.1) is 6.54 Å². The minimum atomic E-state index is 0.207. The lowest BCUT2D eigenvalue weighted by molar-refractivity contribution is -0.138. The molecule has 4 saturated carbocycles. The number of nitrogens with zero attached hydrogens (tertiary/aromatic N) is 2. The number of hydrazone groups is 1. The highest BCUT2D eigenvalue weighted by atomic mass is 16.1. The summed E-state index contributed by atoms with van der Waals surface area (Å²) >= 11 is 0. The van der Waals surface area contributed by atoms with Crippen molar-refractivity contribution in [1.29, 1.82) is 0 Å². The Kier molecular flexibility index (Phi) is 4.76. The quantitative estimate of drug-likeness (QED) is 0.732. The summed E-state index contributed by atoms with van der Waals surface area (Å²) in [5.41, 5.74) is 6.82. The molecule has 1 heterocycles. The zero-order valence-corrected chi connectivity index (χ0v) is 18.8. The maximum absolute atomic E-state index is 13.3. The molecule has 0 spiro atoms. The Morgan fingerprint density at radius 3 is 2.59 bits per heavy atom. The summed E-state index contributed by atoms with van der Waals surface area (Å²) in [6.45, 7) is 9.89. The molecule has 4 aliphatic carbocycles. The van der Waals surface area contributed by atoms with E-state index >= 15 is 0 Å². The highest BCUT2D eigenvalue weighted by Gasteiger charge is 2.61. The minimum absolute atomic E-state index is 0.207. The van der Waals surface area contributed by atoms with Gasteiger partial charge in [0.1, 0.15) is 5.84 Å². The molecule has 5 nitrogen and oxygen atoms in total. The van der Waals surface area contributed by atoms with E-state index in [-0.39, 0.29) is 11.3 Å². The fraction of sp³-hybridized carbons (Fsp3) is 0.917. The van der Waals surface area contributed by atoms with Gasteiger partial charge in [-0.25, -0.2) is 5.53 Å². The molecular formula is C24H40N4O. The van der Waals surface area contributed by atoms with E-state index in [0.717, 1.165) is 41.8 Å². The summed E-state index contributed by atoms with van der Waals surface area (Å²) in [5.74, 6) is 5.82. The van der Waals surface area contributed by atoms with E-state index < -0.39 is 0 Å². The van der Waals surface area contributed by atoms with Gasteiger partial charge < -0.3 is 0 Å². The van der Waals surface area contributed by atoms with Crippen LogP contribution in [0, 0.1) is 46.3 Å². The van der Waals surface area contributed by atoms with Crippen LogP contribution in [0.5, 0.6) is 0 Å². The Labute approximate surface area is 176 Å². The molecule has 0 bridgehead atoms. The molecule has 0 amide bonds. The van der Waals surface area contributed by atoms with Gasteiger partial charge >= 0.3 is 0 Å². The number of amidine groups is 1. The van der Waals surface area contributed by atoms with E-state index in [9.17, 15) is 4.79 Å². The van der Waals surface area contributed by atoms with Crippen LogP contribution in [0.2, 0.25) is 0 Å². The van der Waals surface area contributed by atoms with Crippen molar-refractivity contribution in [1.82, 2.24) is 16.1 Å². The zero-order valence-electron chi connectivity index (χ0n) is 18.8. The van der Waals surface area contributed by atoms with Crippen LogP contribution in [-0.2, 0) is 4.79 Å².